The Labute approximate surface area is 293 Å². The number of hydrogen-bond donors (Lipinski definition) is 1. The van der Waals surface area contributed by atoms with Gasteiger partial charge in [-0.15, -0.1) is 10.2 Å². The fraction of sp³-hybridized carbons (Fsp3) is 0.353. The molecule has 3 aromatic carbocycles. The molecule has 0 spiro atoms. The molecule has 244 valence electrons. The van der Waals surface area contributed by atoms with E-state index < -0.39 is 16.6 Å². The second-order valence-electron chi connectivity index (χ2n) is 12.3. The lowest BCUT2D eigenvalue weighted by Crippen LogP contribution is -2.37. The number of hydrazone groups is 1. The van der Waals surface area contributed by atoms with E-state index in [1.54, 1.807) is 18.2 Å². The SMILES string of the molecule is CCC(C)(C)c1ccc(ON(C(C)=O)c2cccc(C(=O)NC3=NN(c4c(Cl)cc(Cl)cc4Cl)C(=O)C3Br)c2)c(C(C)(C)CC)c1. The number of alkyl halides is 1. The maximum Gasteiger partial charge on any atom is 0.269 e. The van der Waals surface area contributed by atoms with Crippen LogP contribution in [0.4, 0.5) is 11.4 Å². The molecule has 3 aromatic rings. The van der Waals surface area contributed by atoms with Crippen molar-refractivity contribution in [2.24, 2.45) is 5.10 Å². The minimum absolute atomic E-state index is 0.0312. The molecule has 4 rings (SSSR count). The van der Waals surface area contributed by atoms with Crippen LogP contribution in [0.25, 0.3) is 0 Å². The molecule has 0 saturated heterocycles. The first kappa shape index (κ1) is 35.7. The van der Waals surface area contributed by atoms with Crippen molar-refractivity contribution in [1.82, 2.24) is 5.32 Å². The third-order valence-corrected chi connectivity index (χ3v) is 10.0. The topological polar surface area (TPSA) is 91.3 Å². The first-order valence-corrected chi connectivity index (χ1v) is 16.8. The molecule has 1 aliphatic heterocycles. The molecule has 1 aliphatic rings. The average Bonchev–Trinajstić information content (AvgIpc) is 3.27. The summed E-state index contributed by atoms with van der Waals surface area (Å²) >= 11 is 21.9. The molecule has 8 nitrogen and oxygen atoms in total. The first-order valence-electron chi connectivity index (χ1n) is 14.8. The van der Waals surface area contributed by atoms with Gasteiger partial charge < -0.3 is 10.2 Å². The van der Waals surface area contributed by atoms with Gasteiger partial charge in [0, 0.05) is 23.1 Å². The lowest BCUT2D eigenvalue weighted by Gasteiger charge is -2.32. The molecule has 1 N–H and O–H groups in total. The number of nitrogens with zero attached hydrogens (tertiary/aromatic N) is 3. The Morgan fingerprint density at radius 3 is 2.20 bits per heavy atom. The molecule has 1 unspecified atom stereocenters. The largest absolute Gasteiger partial charge is 0.372 e. The summed E-state index contributed by atoms with van der Waals surface area (Å²) in [5.74, 6) is -0.868. The minimum atomic E-state index is -0.972. The Kier molecular flexibility index (Phi) is 10.8. The summed E-state index contributed by atoms with van der Waals surface area (Å²) in [4.78, 5) is 44.7. The molecule has 12 heteroatoms. The summed E-state index contributed by atoms with van der Waals surface area (Å²) < 4.78 is 0. The summed E-state index contributed by atoms with van der Waals surface area (Å²) in [6.45, 7) is 14.4. The van der Waals surface area contributed by atoms with Gasteiger partial charge in [-0.25, -0.2) is 0 Å². The number of nitrogens with one attached hydrogen (secondary N) is 1. The van der Waals surface area contributed by atoms with Gasteiger partial charge >= 0.3 is 0 Å². The third-order valence-electron chi connectivity index (χ3n) is 8.38. The highest BCUT2D eigenvalue weighted by Crippen LogP contribution is 2.40. The van der Waals surface area contributed by atoms with Crippen LogP contribution >= 0.6 is 50.7 Å². The van der Waals surface area contributed by atoms with Crippen molar-refractivity contribution in [3.05, 3.63) is 86.4 Å². The molecule has 0 fully saturated rings. The molecule has 0 aliphatic carbocycles. The predicted octanol–water partition coefficient (Wildman–Crippen LogP) is 9.22. The number of halogens is 4. The van der Waals surface area contributed by atoms with E-state index in [4.69, 9.17) is 39.6 Å². The second-order valence-corrected chi connectivity index (χ2v) is 14.5. The van der Waals surface area contributed by atoms with Crippen LogP contribution in [-0.2, 0) is 20.4 Å². The number of benzene rings is 3. The molecule has 46 heavy (non-hydrogen) atoms. The second kappa shape index (κ2) is 13.9. The monoisotopic (exact) mass is 748 g/mol. The highest BCUT2D eigenvalue weighted by molar-refractivity contribution is 9.10. The van der Waals surface area contributed by atoms with Crippen molar-refractivity contribution in [2.75, 3.05) is 10.1 Å². The molecule has 3 amide bonds. The Bertz CT molecular complexity index is 1700. The van der Waals surface area contributed by atoms with Gasteiger partial charge in [-0.1, -0.05) is 110 Å². The molecule has 0 aromatic heterocycles. The van der Waals surface area contributed by atoms with E-state index >= 15 is 0 Å². The van der Waals surface area contributed by atoms with Crippen molar-refractivity contribution in [3.8, 4) is 5.75 Å². The normalized spacial score (nSPS) is 15.1. The smallest absolute Gasteiger partial charge is 0.269 e. The number of carbonyl (C=O) groups excluding carboxylic acids is 3. The Balaban J connectivity index is 1.63. The minimum Gasteiger partial charge on any atom is -0.372 e. The quantitative estimate of drug-likeness (QED) is 0.175. The van der Waals surface area contributed by atoms with E-state index in [0.717, 1.165) is 23.4 Å². The van der Waals surface area contributed by atoms with Gasteiger partial charge in [0.15, 0.2) is 16.4 Å². The number of amides is 3. The number of amidine groups is 1. The van der Waals surface area contributed by atoms with Gasteiger partial charge in [-0.3, -0.25) is 14.4 Å². The Morgan fingerprint density at radius 2 is 1.61 bits per heavy atom. The fourth-order valence-corrected chi connectivity index (χ4v) is 6.11. The maximum absolute atomic E-state index is 13.4. The average molecular weight is 751 g/mol. The van der Waals surface area contributed by atoms with Gasteiger partial charge in [0.1, 0.15) is 5.69 Å². The summed E-state index contributed by atoms with van der Waals surface area (Å²) in [5, 5.41) is 9.66. The van der Waals surface area contributed by atoms with Gasteiger partial charge in [-0.05, 0) is 65.6 Å². The molecular weight excluding hydrogens is 715 g/mol. The van der Waals surface area contributed by atoms with Gasteiger partial charge in [-0.2, -0.15) is 5.01 Å². The zero-order chi connectivity index (χ0) is 34.1. The fourth-order valence-electron chi connectivity index (χ4n) is 4.73. The van der Waals surface area contributed by atoms with E-state index in [2.05, 4.69) is 74.0 Å². The van der Waals surface area contributed by atoms with Crippen molar-refractivity contribution in [2.45, 2.75) is 77.0 Å². The summed E-state index contributed by atoms with van der Waals surface area (Å²) in [7, 11) is 0. The lowest BCUT2D eigenvalue weighted by molar-refractivity contribution is -0.120. The molecule has 1 heterocycles. The van der Waals surface area contributed by atoms with Crippen molar-refractivity contribution in [1.29, 1.82) is 0 Å². The van der Waals surface area contributed by atoms with Crippen LogP contribution in [0.15, 0.2) is 59.7 Å². The van der Waals surface area contributed by atoms with E-state index in [1.807, 2.05) is 12.1 Å². The predicted molar refractivity (Wildman–Crippen MR) is 190 cm³/mol. The first-order chi connectivity index (χ1) is 21.5. The Hall–Kier alpha value is -3.11. The van der Waals surface area contributed by atoms with E-state index in [0.29, 0.717) is 16.5 Å². The number of hydrogen-bond acceptors (Lipinski definition) is 5. The van der Waals surface area contributed by atoms with Crippen LogP contribution in [0.1, 0.15) is 82.8 Å². The highest BCUT2D eigenvalue weighted by Gasteiger charge is 2.38. The van der Waals surface area contributed by atoms with E-state index in [1.165, 1.54) is 35.7 Å². The van der Waals surface area contributed by atoms with Crippen molar-refractivity contribution >= 4 is 85.7 Å². The summed E-state index contributed by atoms with van der Waals surface area (Å²) in [5.41, 5.74) is 2.58. The lowest BCUT2D eigenvalue weighted by atomic mass is 9.76. The van der Waals surface area contributed by atoms with Crippen LogP contribution in [0.3, 0.4) is 0 Å². The van der Waals surface area contributed by atoms with E-state index in [9.17, 15) is 14.4 Å². The molecular formula is C34H36BrCl3N4O4. The van der Waals surface area contributed by atoms with Crippen LogP contribution in [0, 0.1) is 0 Å². The molecule has 0 radical (unpaired) electrons. The standard InChI is InChI=1S/C34H36BrCl3N4O4/c1-8-33(4,5)21-13-14-27(24(16-21)34(6,7)9-2)46-42(19(3)43)23-12-10-11-20(15-23)31(44)39-30-28(35)32(45)41(40-30)29-25(37)17-22(36)18-26(29)38/h10-18,28H,8-9H2,1-7H3,(H,39,40,44). The van der Waals surface area contributed by atoms with Crippen LogP contribution in [0.5, 0.6) is 5.75 Å². The van der Waals surface area contributed by atoms with Gasteiger partial charge in [0.25, 0.3) is 17.7 Å². The van der Waals surface area contributed by atoms with Gasteiger partial charge in [0.2, 0.25) is 0 Å². The molecule has 0 bridgehead atoms. The van der Waals surface area contributed by atoms with Gasteiger partial charge in [0.05, 0.1) is 15.7 Å². The van der Waals surface area contributed by atoms with Crippen LogP contribution < -0.4 is 20.2 Å². The molecule has 0 saturated carbocycles. The van der Waals surface area contributed by atoms with Crippen LogP contribution in [-0.4, -0.2) is 28.4 Å². The summed E-state index contributed by atoms with van der Waals surface area (Å²) in [6.07, 6.45) is 1.81. The maximum atomic E-state index is 13.4. The number of rotatable bonds is 9. The number of carbonyl (C=O) groups is 3. The number of anilines is 2. The highest BCUT2D eigenvalue weighted by atomic mass is 79.9. The van der Waals surface area contributed by atoms with E-state index in [-0.39, 0.29) is 43.9 Å². The third kappa shape index (κ3) is 7.38. The zero-order valence-electron chi connectivity index (χ0n) is 26.7. The van der Waals surface area contributed by atoms with Crippen LogP contribution in [0.2, 0.25) is 15.1 Å². The summed E-state index contributed by atoms with van der Waals surface area (Å²) in [6, 6.07) is 15.4. The zero-order valence-corrected chi connectivity index (χ0v) is 30.5. The van der Waals surface area contributed by atoms with Crippen molar-refractivity contribution < 1.29 is 19.2 Å². The van der Waals surface area contributed by atoms with Crippen molar-refractivity contribution in [3.63, 3.8) is 0 Å². The molecule has 1 atom stereocenters. The Morgan fingerprint density at radius 1 is 0.978 bits per heavy atom. The number of hydroxylamine groups is 1.